The maximum atomic E-state index is 11.3. The number of carbonyl (C=O) groups is 2. The second-order valence-electron chi connectivity index (χ2n) is 3.64. The van der Waals surface area contributed by atoms with E-state index in [1.165, 1.54) is 0 Å². The van der Waals surface area contributed by atoms with Gasteiger partial charge < -0.3 is 20.1 Å². The van der Waals surface area contributed by atoms with Gasteiger partial charge >= 0.3 is 18.2 Å². The van der Waals surface area contributed by atoms with Gasteiger partial charge in [0.15, 0.2) is 0 Å². The van der Waals surface area contributed by atoms with Crippen LogP contribution in [0.25, 0.3) is 0 Å². The molecule has 1 heterocycles. The van der Waals surface area contributed by atoms with Crippen LogP contribution in [-0.4, -0.2) is 60.5 Å². The molecule has 0 aromatic carbocycles. The number of nitrogens with one attached hydrogen (secondary N) is 1. The van der Waals surface area contributed by atoms with Gasteiger partial charge in [-0.2, -0.15) is 13.2 Å². The third kappa shape index (κ3) is 6.85. The van der Waals surface area contributed by atoms with Gasteiger partial charge in [0.25, 0.3) is 0 Å². The number of carboxylic acids is 1. The molecular weight excluding hydrogens is 269 g/mol. The van der Waals surface area contributed by atoms with Crippen LogP contribution >= 0.6 is 0 Å². The fraction of sp³-hybridized carbons (Fsp3) is 0.800. The van der Waals surface area contributed by atoms with Crippen LogP contribution in [0.1, 0.15) is 13.8 Å². The molecule has 2 N–H and O–H groups in total. The summed E-state index contributed by atoms with van der Waals surface area (Å²) in [6, 6.07) is 0. The monoisotopic (exact) mass is 286 g/mol. The molecule has 1 amide bonds. The molecule has 1 saturated heterocycles. The highest BCUT2D eigenvalue weighted by atomic mass is 19.4. The maximum absolute atomic E-state index is 11.3. The number of carboxylic acid groups (broad SMARTS) is 1. The number of hydrogen-bond donors (Lipinski definition) is 2. The lowest BCUT2D eigenvalue weighted by atomic mass is 10.2. The Balaban J connectivity index is 0.000000399. The van der Waals surface area contributed by atoms with E-state index in [0.29, 0.717) is 0 Å². The molecule has 0 aliphatic carbocycles. The van der Waals surface area contributed by atoms with Crippen LogP contribution in [0.4, 0.5) is 18.0 Å². The number of nitrogens with zero attached hydrogens (tertiary/aromatic N) is 1. The molecule has 1 aliphatic rings. The minimum Gasteiger partial charge on any atom is -0.475 e. The highest BCUT2D eigenvalue weighted by molar-refractivity contribution is 5.73. The van der Waals surface area contributed by atoms with E-state index >= 15 is 0 Å². The average molecular weight is 286 g/mol. The van der Waals surface area contributed by atoms with Crippen molar-refractivity contribution in [1.29, 1.82) is 0 Å². The number of halogens is 3. The van der Waals surface area contributed by atoms with Crippen molar-refractivity contribution < 1.29 is 32.6 Å². The summed E-state index contributed by atoms with van der Waals surface area (Å²) in [5.41, 5.74) is 0. The molecule has 0 unspecified atom stereocenters. The molecule has 1 aliphatic heterocycles. The van der Waals surface area contributed by atoms with Crippen LogP contribution in [0.5, 0.6) is 0 Å². The maximum Gasteiger partial charge on any atom is 0.490 e. The first-order valence-electron chi connectivity index (χ1n) is 5.68. The molecular formula is C10H17F3N2O4. The molecule has 0 aromatic rings. The van der Waals surface area contributed by atoms with Gasteiger partial charge in [-0.15, -0.1) is 0 Å². The zero-order chi connectivity index (χ0) is 15.1. The van der Waals surface area contributed by atoms with E-state index in [0.717, 1.165) is 26.2 Å². The molecule has 0 saturated carbocycles. The topological polar surface area (TPSA) is 78.9 Å². The Hall–Kier alpha value is -1.51. The Morgan fingerprint density at radius 2 is 1.74 bits per heavy atom. The van der Waals surface area contributed by atoms with E-state index in [1.807, 2.05) is 13.8 Å². The lowest BCUT2D eigenvalue weighted by molar-refractivity contribution is -0.192. The van der Waals surface area contributed by atoms with Crippen molar-refractivity contribution in [1.82, 2.24) is 10.2 Å². The van der Waals surface area contributed by atoms with Crippen molar-refractivity contribution in [3.05, 3.63) is 0 Å². The van der Waals surface area contributed by atoms with Gasteiger partial charge in [0.05, 0.1) is 0 Å². The summed E-state index contributed by atoms with van der Waals surface area (Å²) in [5.74, 6) is -2.76. The van der Waals surface area contributed by atoms with Gasteiger partial charge in [0.1, 0.15) is 6.10 Å². The number of ether oxygens (including phenoxy) is 1. The van der Waals surface area contributed by atoms with Crippen molar-refractivity contribution in [3.8, 4) is 0 Å². The molecule has 0 spiro atoms. The number of carbonyl (C=O) groups excluding carboxylic acids is 1. The molecule has 1 rings (SSSR count). The SMILES string of the molecule is CCN(CC)C(=O)OC1CNC1.O=C(O)C(F)(F)F. The minimum absolute atomic E-state index is 0.0955. The van der Waals surface area contributed by atoms with E-state index in [-0.39, 0.29) is 12.2 Å². The lowest BCUT2D eigenvalue weighted by Crippen LogP contribution is -2.51. The third-order valence-corrected chi connectivity index (χ3v) is 2.28. The molecule has 0 bridgehead atoms. The minimum atomic E-state index is -5.08. The Kier molecular flexibility index (Phi) is 7.20. The first-order valence-corrected chi connectivity index (χ1v) is 5.68. The number of alkyl halides is 3. The van der Waals surface area contributed by atoms with Crippen LogP contribution in [0, 0.1) is 0 Å². The van der Waals surface area contributed by atoms with Crippen molar-refractivity contribution in [2.45, 2.75) is 26.1 Å². The first kappa shape index (κ1) is 17.5. The quantitative estimate of drug-likeness (QED) is 0.811. The third-order valence-electron chi connectivity index (χ3n) is 2.28. The zero-order valence-corrected chi connectivity index (χ0v) is 10.7. The van der Waals surface area contributed by atoms with E-state index in [1.54, 1.807) is 4.90 Å². The number of amides is 1. The predicted octanol–water partition coefficient (Wildman–Crippen LogP) is 1.07. The predicted molar refractivity (Wildman–Crippen MR) is 59.8 cm³/mol. The standard InChI is InChI=1S/C8H16N2O2.C2HF3O2/c1-3-10(4-2)8(11)12-7-5-9-6-7;3-2(4,5)1(6)7/h7,9H,3-6H2,1-2H3;(H,6,7). The lowest BCUT2D eigenvalue weighted by Gasteiger charge is -2.29. The fourth-order valence-corrected chi connectivity index (χ4v) is 1.04. The van der Waals surface area contributed by atoms with E-state index in [4.69, 9.17) is 14.6 Å². The van der Waals surface area contributed by atoms with E-state index in [9.17, 15) is 18.0 Å². The number of hydrogen-bond acceptors (Lipinski definition) is 4. The molecule has 112 valence electrons. The summed E-state index contributed by atoms with van der Waals surface area (Å²) in [4.78, 5) is 21.9. The highest BCUT2D eigenvalue weighted by Gasteiger charge is 2.38. The normalized spacial score (nSPS) is 14.8. The summed E-state index contributed by atoms with van der Waals surface area (Å²) >= 11 is 0. The van der Waals surface area contributed by atoms with Gasteiger partial charge in [-0.3, -0.25) is 0 Å². The van der Waals surface area contributed by atoms with Crippen LogP contribution in [0.15, 0.2) is 0 Å². The van der Waals surface area contributed by atoms with Crippen LogP contribution in [-0.2, 0) is 9.53 Å². The van der Waals surface area contributed by atoms with Crippen molar-refractivity contribution >= 4 is 12.1 Å². The smallest absolute Gasteiger partial charge is 0.475 e. The van der Waals surface area contributed by atoms with Gasteiger partial charge in [-0.05, 0) is 13.8 Å². The van der Waals surface area contributed by atoms with Gasteiger partial charge in [0, 0.05) is 26.2 Å². The summed E-state index contributed by atoms with van der Waals surface area (Å²) in [7, 11) is 0. The largest absolute Gasteiger partial charge is 0.490 e. The number of aliphatic carboxylic acids is 1. The molecule has 19 heavy (non-hydrogen) atoms. The van der Waals surface area contributed by atoms with Gasteiger partial charge in [0.2, 0.25) is 0 Å². The Morgan fingerprint density at radius 1 is 1.32 bits per heavy atom. The van der Waals surface area contributed by atoms with Crippen molar-refractivity contribution in [2.24, 2.45) is 0 Å². The molecule has 6 nitrogen and oxygen atoms in total. The van der Waals surface area contributed by atoms with E-state index in [2.05, 4.69) is 5.32 Å². The second-order valence-corrected chi connectivity index (χ2v) is 3.64. The fourth-order valence-electron chi connectivity index (χ4n) is 1.04. The summed E-state index contributed by atoms with van der Waals surface area (Å²) in [6.07, 6.45) is -5.18. The van der Waals surface area contributed by atoms with Crippen LogP contribution in [0.2, 0.25) is 0 Å². The summed E-state index contributed by atoms with van der Waals surface area (Å²) < 4.78 is 36.9. The molecule has 9 heteroatoms. The second kappa shape index (κ2) is 7.82. The highest BCUT2D eigenvalue weighted by Crippen LogP contribution is 2.13. The van der Waals surface area contributed by atoms with Crippen LogP contribution < -0.4 is 5.32 Å². The van der Waals surface area contributed by atoms with E-state index < -0.39 is 12.1 Å². The van der Waals surface area contributed by atoms with Crippen molar-refractivity contribution in [2.75, 3.05) is 26.2 Å². The molecule has 0 aromatic heterocycles. The first-order chi connectivity index (χ1) is 8.72. The van der Waals surface area contributed by atoms with Crippen molar-refractivity contribution in [3.63, 3.8) is 0 Å². The molecule has 1 fully saturated rings. The Bertz CT molecular complexity index is 302. The average Bonchev–Trinajstić information content (AvgIpc) is 2.25. The van der Waals surface area contributed by atoms with Gasteiger partial charge in [-0.1, -0.05) is 0 Å². The Morgan fingerprint density at radius 3 is 1.95 bits per heavy atom. The number of rotatable bonds is 3. The molecule has 0 radical (unpaired) electrons. The summed E-state index contributed by atoms with van der Waals surface area (Å²) in [6.45, 7) is 6.93. The van der Waals surface area contributed by atoms with Crippen LogP contribution in [0.3, 0.4) is 0 Å². The molecule has 0 atom stereocenters. The Labute approximate surface area is 108 Å². The van der Waals surface area contributed by atoms with Gasteiger partial charge in [-0.25, -0.2) is 9.59 Å². The zero-order valence-electron chi connectivity index (χ0n) is 10.7. The summed E-state index contributed by atoms with van der Waals surface area (Å²) in [5, 5.41) is 10.2.